The SMILES string of the molecule is CCCCCCOCCOc1ccc(B(O)O)cc1. The molecule has 2 N–H and O–H groups in total. The Kier molecular flexibility index (Phi) is 8.30. The largest absolute Gasteiger partial charge is 0.491 e. The summed E-state index contributed by atoms with van der Waals surface area (Å²) in [4.78, 5) is 0. The molecule has 0 aromatic heterocycles. The van der Waals surface area contributed by atoms with Crippen molar-refractivity contribution in [3.05, 3.63) is 24.3 Å². The van der Waals surface area contributed by atoms with Crippen LogP contribution in [0.25, 0.3) is 0 Å². The predicted octanol–water partition coefficient (Wildman–Crippen LogP) is 1.34. The van der Waals surface area contributed by atoms with Crippen molar-refractivity contribution in [2.75, 3.05) is 19.8 Å². The first kappa shape index (κ1) is 16.0. The molecule has 0 unspecified atom stereocenters. The minimum absolute atomic E-state index is 0.458. The van der Waals surface area contributed by atoms with E-state index in [0.29, 0.717) is 24.4 Å². The van der Waals surface area contributed by atoms with Crippen LogP contribution in [0.5, 0.6) is 5.75 Å². The molecule has 1 aromatic rings. The van der Waals surface area contributed by atoms with Gasteiger partial charge in [0.1, 0.15) is 12.4 Å². The lowest BCUT2D eigenvalue weighted by Crippen LogP contribution is -2.29. The second-order valence-electron chi connectivity index (χ2n) is 4.46. The fourth-order valence-electron chi connectivity index (χ4n) is 1.69. The second-order valence-corrected chi connectivity index (χ2v) is 4.46. The van der Waals surface area contributed by atoms with Crippen molar-refractivity contribution in [2.24, 2.45) is 0 Å². The van der Waals surface area contributed by atoms with Crippen molar-refractivity contribution in [1.29, 1.82) is 0 Å². The first-order valence-electron chi connectivity index (χ1n) is 6.90. The normalized spacial score (nSPS) is 10.5. The molecule has 106 valence electrons. The topological polar surface area (TPSA) is 58.9 Å². The molecule has 0 bridgehead atoms. The Morgan fingerprint density at radius 3 is 2.32 bits per heavy atom. The smallest absolute Gasteiger partial charge is 0.488 e. The number of ether oxygens (including phenoxy) is 2. The van der Waals surface area contributed by atoms with E-state index in [-0.39, 0.29) is 0 Å². The maximum Gasteiger partial charge on any atom is 0.488 e. The fourth-order valence-corrected chi connectivity index (χ4v) is 1.69. The Labute approximate surface area is 115 Å². The van der Waals surface area contributed by atoms with Crippen molar-refractivity contribution in [2.45, 2.75) is 32.6 Å². The van der Waals surface area contributed by atoms with E-state index in [1.54, 1.807) is 24.3 Å². The quantitative estimate of drug-likeness (QED) is 0.495. The van der Waals surface area contributed by atoms with Gasteiger partial charge in [0.05, 0.1) is 6.61 Å². The zero-order chi connectivity index (χ0) is 13.9. The van der Waals surface area contributed by atoms with Gasteiger partial charge >= 0.3 is 7.12 Å². The van der Waals surface area contributed by atoms with Crippen LogP contribution < -0.4 is 10.2 Å². The van der Waals surface area contributed by atoms with Gasteiger partial charge in [-0.2, -0.15) is 0 Å². The van der Waals surface area contributed by atoms with Crippen LogP contribution in [-0.2, 0) is 4.74 Å². The van der Waals surface area contributed by atoms with Gasteiger partial charge in [0.2, 0.25) is 0 Å². The molecule has 1 aromatic carbocycles. The van der Waals surface area contributed by atoms with Crippen LogP contribution in [0, 0.1) is 0 Å². The van der Waals surface area contributed by atoms with Crippen LogP contribution >= 0.6 is 0 Å². The zero-order valence-electron chi connectivity index (χ0n) is 11.5. The first-order valence-corrected chi connectivity index (χ1v) is 6.90. The van der Waals surface area contributed by atoms with Gasteiger partial charge in [-0.1, -0.05) is 38.3 Å². The van der Waals surface area contributed by atoms with E-state index < -0.39 is 7.12 Å². The third kappa shape index (κ3) is 7.20. The number of hydrogen-bond donors (Lipinski definition) is 2. The summed E-state index contributed by atoms with van der Waals surface area (Å²) in [5.74, 6) is 0.707. The summed E-state index contributed by atoms with van der Waals surface area (Å²) in [7, 11) is -1.43. The van der Waals surface area contributed by atoms with Gasteiger partial charge in [-0.15, -0.1) is 0 Å². The molecule has 0 amide bonds. The van der Waals surface area contributed by atoms with E-state index in [9.17, 15) is 0 Å². The molecule has 0 spiro atoms. The third-order valence-corrected chi connectivity index (χ3v) is 2.82. The molecule has 19 heavy (non-hydrogen) atoms. The summed E-state index contributed by atoms with van der Waals surface area (Å²) < 4.78 is 10.9. The Balaban J connectivity index is 2.06. The van der Waals surface area contributed by atoms with Gasteiger partial charge in [0, 0.05) is 6.61 Å². The van der Waals surface area contributed by atoms with Crippen LogP contribution in [0.2, 0.25) is 0 Å². The van der Waals surface area contributed by atoms with E-state index >= 15 is 0 Å². The highest BCUT2D eigenvalue weighted by Gasteiger charge is 2.09. The van der Waals surface area contributed by atoms with Gasteiger partial charge in [-0.05, 0) is 24.0 Å². The molecule has 5 heteroatoms. The lowest BCUT2D eigenvalue weighted by molar-refractivity contribution is 0.0971. The van der Waals surface area contributed by atoms with E-state index in [1.807, 2.05) is 0 Å². The molecule has 0 atom stereocenters. The van der Waals surface area contributed by atoms with E-state index in [2.05, 4.69) is 6.92 Å². The van der Waals surface area contributed by atoms with Crippen LogP contribution in [0.15, 0.2) is 24.3 Å². The van der Waals surface area contributed by atoms with Crippen LogP contribution in [-0.4, -0.2) is 37.0 Å². The molecule has 0 aliphatic carbocycles. The highest BCUT2D eigenvalue weighted by atomic mass is 16.5. The number of rotatable bonds is 10. The minimum Gasteiger partial charge on any atom is -0.491 e. The number of unbranched alkanes of at least 4 members (excludes halogenated alkanes) is 3. The fraction of sp³-hybridized carbons (Fsp3) is 0.571. The van der Waals surface area contributed by atoms with Crippen molar-refractivity contribution < 1.29 is 19.5 Å². The molecule has 1 rings (SSSR count). The minimum atomic E-state index is -1.43. The van der Waals surface area contributed by atoms with E-state index in [1.165, 1.54) is 19.3 Å². The van der Waals surface area contributed by atoms with Gasteiger partial charge < -0.3 is 19.5 Å². The highest BCUT2D eigenvalue weighted by molar-refractivity contribution is 6.58. The molecule has 0 radical (unpaired) electrons. The van der Waals surface area contributed by atoms with Crippen molar-refractivity contribution in [3.8, 4) is 5.75 Å². The lowest BCUT2D eigenvalue weighted by Gasteiger charge is -2.08. The summed E-state index contributed by atoms with van der Waals surface area (Å²) >= 11 is 0. The summed E-state index contributed by atoms with van der Waals surface area (Å²) in [5.41, 5.74) is 0.458. The Bertz CT molecular complexity index is 327. The Morgan fingerprint density at radius 2 is 1.68 bits per heavy atom. The molecular weight excluding hydrogens is 243 g/mol. The first-order chi connectivity index (χ1) is 9.24. The average molecular weight is 266 g/mol. The Morgan fingerprint density at radius 1 is 0.947 bits per heavy atom. The van der Waals surface area contributed by atoms with Gasteiger partial charge in [-0.25, -0.2) is 0 Å². The van der Waals surface area contributed by atoms with Crippen LogP contribution in [0.1, 0.15) is 32.6 Å². The molecule has 0 fully saturated rings. The van der Waals surface area contributed by atoms with Crippen LogP contribution in [0.3, 0.4) is 0 Å². The standard InChI is InChI=1S/C14H23BO4/c1-2-3-4-5-10-18-11-12-19-14-8-6-13(7-9-14)15(16)17/h6-9,16-17H,2-5,10-12H2,1H3. The highest BCUT2D eigenvalue weighted by Crippen LogP contribution is 2.07. The Hall–Kier alpha value is -1.04. The zero-order valence-corrected chi connectivity index (χ0v) is 11.5. The van der Waals surface area contributed by atoms with Gasteiger partial charge in [0.25, 0.3) is 0 Å². The summed E-state index contributed by atoms with van der Waals surface area (Å²) in [6.45, 7) is 4.07. The van der Waals surface area contributed by atoms with Crippen molar-refractivity contribution in [3.63, 3.8) is 0 Å². The molecule has 0 aliphatic rings. The maximum absolute atomic E-state index is 8.94. The summed E-state index contributed by atoms with van der Waals surface area (Å²) in [6, 6.07) is 6.70. The summed E-state index contributed by atoms with van der Waals surface area (Å²) in [5, 5.41) is 17.9. The monoisotopic (exact) mass is 266 g/mol. The average Bonchev–Trinajstić information content (AvgIpc) is 2.42. The molecular formula is C14H23BO4. The number of hydrogen-bond acceptors (Lipinski definition) is 4. The predicted molar refractivity (Wildman–Crippen MR) is 76.7 cm³/mol. The number of benzene rings is 1. The molecule has 0 aliphatic heterocycles. The van der Waals surface area contributed by atoms with Crippen molar-refractivity contribution >= 4 is 12.6 Å². The van der Waals surface area contributed by atoms with Gasteiger partial charge in [-0.3, -0.25) is 0 Å². The van der Waals surface area contributed by atoms with Crippen molar-refractivity contribution in [1.82, 2.24) is 0 Å². The second kappa shape index (κ2) is 9.84. The van der Waals surface area contributed by atoms with Gasteiger partial charge in [0.15, 0.2) is 0 Å². The molecule has 0 heterocycles. The summed E-state index contributed by atoms with van der Waals surface area (Å²) in [6.07, 6.45) is 4.84. The maximum atomic E-state index is 8.94. The lowest BCUT2D eigenvalue weighted by atomic mass is 9.80. The molecule has 0 saturated carbocycles. The van der Waals surface area contributed by atoms with E-state index in [4.69, 9.17) is 19.5 Å². The third-order valence-electron chi connectivity index (χ3n) is 2.82. The molecule has 4 nitrogen and oxygen atoms in total. The van der Waals surface area contributed by atoms with Crippen LogP contribution in [0.4, 0.5) is 0 Å². The van der Waals surface area contributed by atoms with E-state index in [0.717, 1.165) is 13.0 Å². The molecule has 0 saturated heterocycles.